The number of primary amides is 1. The highest BCUT2D eigenvalue weighted by atomic mass is 16.5. The predicted molar refractivity (Wildman–Crippen MR) is 131 cm³/mol. The van der Waals surface area contributed by atoms with Crippen LogP contribution in [-0.2, 0) is 4.74 Å². The van der Waals surface area contributed by atoms with Crippen LogP contribution in [-0.4, -0.2) is 51.0 Å². The first kappa shape index (κ1) is 22.5. The molecule has 10 heteroatoms. The van der Waals surface area contributed by atoms with Gasteiger partial charge in [0.15, 0.2) is 11.5 Å². The van der Waals surface area contributed by atoms with Crippen LogP contribution in [0.4, 0.5) is 17.5 Å². The number of fused-ring (bicyclic) bond motifs is 1. The molecule has 1 aliphatic carbocycles. The largest absolute Gasteiger partial charge is 0.381 e. The molecule has 1 amide bonds. The van der Waals surface area contributed by atoms with E-state index in [1.807, 2.05) is 6.07 Å². The number of nitrogens with one attached hydrogen (secondary N) is 2. The van der Waals surface area contributed by atoms with E-state index < -0.39 is 5.91 Å². The van der Waals surface area contributed by atoms with Crippen molar-refractivity contribution in [3.05, 3.63) is 35.7 Å². The van der Waals surface area contributed by atoms with Crippen LogP contribution < -0.4 is 22.1 Å². The average molecular weight is 465 g/mol. The fourth-order valence-corrected chi connectivity index (χ4v) is 5.06. The topological polar surface area (TPSA) is 146 Å². The molecule has 1 aliphatic heterocycles. The quantitative estimate of drug-likeness (QED) is 0.435. The van der Waals surface area contributed by atoms with Gasteiger partial charge in [0, 0.05) is 48.6 Å². The number of aromatic nitrogens is 4. The van der Waals surface area contributed by atoms with Crippen molar-refractivity contribution in [2.75, 3.05) is 23.8 Å². The number of hydrogen-bond donors (Lipinski definition) is 4. The lowest BCUT2D eigenvalue weighted by Crippen LogP contribution is -2.43. The summed E-state index contributed by atoms with van der Waals surface area (Å²) >= 11 is 0. The first-order valence-corrected chi connectivity index (χ1v) is 12.0. The van der Waals surface area contributed by atoms with Crippen LogP contribution in [0.3, 0.4) is 0 Å². The van der Waals surface area contributed by atoms with Crippen molar-refractivity contribution in [2.45, 2.75) is 63.6 Å². The number of hydrogen-bond acceptors (Lipinski definition) is 8. The minimum atomic E-state index is -0.688. The third-order valence-corrected chi connectivity index (χ3v) is 6.87. The number of rotatable bonds is 6. The molecule has 2 fully saturated rings. The van der Waals surface area contributed by atoms with E-state index in [4.69, 9.17) is 16.2 Å². The molecule has 2 aliphatic rings. The molecule has 2 aromatic heterocycles. The number of anilines is 3. The SMILES string of the molecule is Cc1cc(Nc2nc(N[C@@H]3CCCC[C@@H]3N)nnc2C(N)=O)c2ccn(C3CCOCC3)c2c1. The summed E-state index contributed by atoms with van der Waals surface area (Å²) in [7, 11) is 0. The van der Waals surface area contributed by atoms with Crippen LogP contribution >= 0.6 is 0 Å². The van der Waals surface area contributed by atoms with Gasteiger partial charge in [0.05, 0.1) is 5.52 Å². The summed E-state index contributed by atoms with van der Waals surface area (Å²) in [5, 5.41) is 15.8. The molecule has 3 heterocycles. The average Bonchev–Trinajstić information content (AvgIpc) is 3.25. The van der Waals surface area contributed by atoms with E-state index >= 15 is 0 Å². The molecule has 3 aromatic rings. The van der Waals surface area contributed by atoms with Crippen LogP contribution in [0.5, 0.6) is 0 Å². The van der Waals surface area contributed by atoms with Gasteiger partial charge in [-0.05, 0) is 56.4 Å². The third-order valence-electron chi connectivity index (χ3n) is 6.87. The minimum absolute atomic E-state index is 0.00277. The van der Waals surface area contributed by atoms with Crippen molar-refractivity contribution in [1.82, 2.24) is 19.7 Å². The molecule has 0 bridgehead atoms. The van der Waals surface area contributed by atoms with Gasteiger partial charge in [-0.1, -0.05) is 12.8 Å². The maximum atomic E-state index is 12.1. The molecule has 6 N–H and O–H groups in total. The number of benzene rings is 1. The fraction of sp³-hybridized carbons (Fsp3) is 0.500. The Morgan fingerprint density at radius 1 is 1.15 bits per heavy atom. The Hall–Kier alpha value is -3.24. The normalized spacial score (nSPS) is 21.5. The Kier molecular flexibility index (Phi) is 6.34. The maximum Gasteiger partial charge on any atom is 0.273 e. The molecule has 1 aromatic carbocycles. The van der Waals surface area contributed by atoms with Crippen LogP contribution in [0.2, 0.25) is 0 Å². The van der Waals surface area contributed by atoms with Gasteiger partial charge in [0.25, 0.3) is 5.91 Å². The second-order valence-corrected chi connectivity index (χ2v) is 9.33. The molecular weight excluding hydrogens is 432 g/mol. The Morgan fingerprint density at radius 3 is 2.71 bits per heavy atom. The highest BCUT2D eigenvalue weighted by molar-refractivity contribution is 5.99. The van der Waals surface area contributed by atoms with Gasteiger partial charge in [-0.15, -0.1) is 10.2 Å². The van der Waals surface area contributed by atoms with E-state index in [-0.39, 0.29) is 23.6 Å². The van der Waals surface area contributed by atoms with Gasteiger partial charge >= 0.3 is 0 Å². The molecule has 0 spiro atoms. The number of aryl methyl sites for hydroxylation is 1. The zero-order valence-corrected chi connectivity index (χ0v) is 19.5. The fourth-order valence-electron chi connectivity index (χ4n) is 5.06. The minimum Gasteiger partial charge on any atom is -0.381 e. The van der Waals surface area contributed by atoms with Crippen LogP contribution in [0.25, 0.3) is 10.9 Å². The third kappa shape index (κ3) is 4.55. The smallest absolute Gasteiger partial charge is 0.273 e. The molecule has 1 saturated carbocycles. The van der Waals surface area contributed by atoms with E-state index in [1.165, 1.54) is 0 Å². The molecule has 0 radical (unpaired) electrons. The van der Waals surface area contributed by atoms with Gasteiger partial charge < -0.3 is 31.4 Å². The maximum absolute atomic E-state index is 12.1. The first-order valence-electron chi connectivity index (χ1n) is 12.0. The lowest BCUT2D eigenvalue weighted by Gasteiger charge is -2.29. The lowest BCUT2D eigenvalue weighted by molar-refractivity contribution is 0.0707. The van der Waals surface area contributed by atoms with Crippen molar-refractivity contribution in [1.29, 1.82) is 0 Å². The van der Waals surface area contributed by atoms with E-state index in [0.717, 1.165) is 73.9 Å². The second kappa shape index (κ2) is 9.55. The van der Waals surface area contributed by atoms with Crippen LogP contribution in [0, 0.1) is 6.92 Å². The van der Waals surface area contributed by atoms with Gasteiger partial charge in [0.2, 0.25) is 5.95 Å². The lowest BCUT2D eigenvalue weighted by atomic mass is 9.91. The van der Waals surface area contributed by atoms with Crippen LogP contribution in [0.15, 0.2) is 24.4 Å². The van der Waals surface area contributed by atoms with Crippen molar-refractivity contribution < 1.29 is 9.53 Å². The van der Waals surface area contributed by atoms with Gasteiger partial charge in [0.1, 0.15) is 0 Å². The highest BCUT2D eigenvalue weighted by Crippen LogP contribution is 2.33. The van der Waals surface area contributed by atoms with E-state index in [1.54, 1.807) is 0 Å². The zero-order valence-electron chi connectivity index (χ0n) is 19.5. The van der Waals surface area contributed by atoms with E-state index in [0.29, 0.717) is 12.0 Å². The summed E-state index contributed by atoms with van der Waals surface area (Å²) in [4.78, 5) is 16.7. The summed E-state index contributed by atoms with van der Waals surface area (Å²) in [6, 6.07) is 6.81. The molecule has 1 saturated heterocycles. The van der Waals surface area contributed by atoms with Crippen molar-refractivity contribution in [3.8, 4) is 0 Å². The summed E-state index contributed by atoms with van der Waals surface area (Å²) in [6.07, 6.45) is 8.23. The Labute approximate surface area is 198 Å². The summed E-state index contributed by atoms with van der Waals surface area (Å²) in [6.45, 7) is 3.60. The Morgan fingerprint density at radius 2 is 1.94 bits per heavy atom. The number of nitrogens with zero attached hydrogens (tertiary/aromatic N) is 4. The second-order valence-electron chi connectivity index (χ2n) is 9.33. The standard InChI is InChI=1S/C24H32N8O2/c1-14-12-19(16-6-9-32(20(16)13-14)15-7-10-34-11-8-15)27-23-21(22(26)33)30-31-24(29-23)28-18-5-3-2-4-17(18)25/h6,9,12-13,15,17-18H,2-5,7-8,10-11,25H2,1H3,(H2,26,33)(H2,27,28,29,31)/t17-,18+/m0/s1. The van der Waals surface area contributed by atoms with Gasteiger partial charge in [-0.3, -0.25) is 4.79 Å². The molecular formula is C24H32N8O2. The summed E-state index contributed by atoms with van der Waals surface area (Å²) in [5.74, 6) is -0.0780. The Balaban J connectivity index is 1.48. The Bertz CT molecular complexity index is 1190. The van der Waals surface area contributed by atoms with Crippen molar-refractivity contribution in [3.63, 3.8) is 0 Å². The molecule has 10 nitrogen and oxygen atoms in total. The first-order chi connectivity index (χ1) is 16.5. The van der Waals surface area contributed by atoms with Crippen molar-refractivity contribution in [2.24, 2.45) is 11.5 Å². The molecule has 5 rings (SSSR count). The number of ether oxygens (including phenoxy) is 1. The molecule has 2 atom stereocenters. The monoisotopic (exact) mass is 464 g/mol. The number of carbonyl (C=O) groups excluding carboxylic acids is 1. The van der Waals surface area contributed by atoms with E-state index in [2.05, 4.69) is 55.6 Å². The van der Waals surface area contributed by atoms with Gasteiger partial charge in [-0.2, -0.15) is 4.98 Å². The molecule has 34 heavy (non-hydrogen) atoms. The summed E-state index contributed by atoms with van der Waals surface area (Å²) < 4.78 is 7.86. The highest BCUT2D eigenvalue weighted by Gasteiger charge is 2.24. The summed E-state index contributed by atoms with van der Waals surface area (Å²) in [5.41, 5.74) is 14.9. The zero-order chi connectivity index (χ0) is 23.7. The molecule has 180 valence electrons. The van der Waals surface area contributed by atoms with Crippen molar-refractivity contribution >= 4 is 34.3 Å². The number of nitrogens with two attached hydrogens (primary N) is 2. The van der Waals surface area contributed by atoms with E-state index in [9.17, 15) is 4.79 Å². The molecule has 0 unspecified atom stereocenters. The number of carbonyl (C=O) groups is 1. The van der Waals surface area contributed by atoms with Gasteiger partial charge in [-0.25, -0.2) is 0 Å². The number of amides is 1. The predicted octanol–water partition coefficient (Wildman–Crippen LogP) is 3.01. The van der Waals surface area contributed by atoms with Crippen LogP contribution in [0.1, 0.15) is 60.6 Å².